The van der Waals surface area contributed by atoms with Crippen LogP contribution in [0.3, 0.4) is 0 Å². The smallest absolute Gasteiger partial charge is 0.242 e. The predicted octanol–water partition coefficient (Wildman–Crippen LogP) is 3.58. The van der Waals surface area contributed by atoms with Gasteiger partial charge in [0.15, 0.2) is 0 Å². The number of rotatable bonds is 7. The number of benzene rings is 2. The Morgan fingerprint density at radius 2 is 1.92 bits per heavy atom. The molecule has 0 aromatic heterocycles. The molecule has 138 valence electrons. The monoisotopic (exact) mass is 376 g/mol. The first-order chi connectivity index (χ1) is 12.4. The van der Waals surface area contributed by atoms with Gasteiger partial charge < -0.3 is 10.2 Å². The Kier molecular flexibility index (Phi) is 7.16. The minimum Gasteiger partial charge on any atom is -0.355 e. The summed E-state index contributed by atoms with van der Waals surface area (Å²) in [4.78, 5) is 26.5. The minimum absolute atomic E-state index is 0.0182. The van der Waals surface area contributed by atoms with Gasteiger partial charge in [0.05, 0.1) is 6.42 Å². The van der Waals surface area contributed by atoms with Crippen LogP contribution in [0.15, 0.2) is 48.5 Å². The van der Waals surface area contributed by atoms with Crippen molar-refractivity contribution in [1.29, 1.82) is 0 Å². The number of nitrogens with one attached hydrogen (secondary N) is 1. The molecule has 0 aliphatic carbocycles. The normalized spacial score (nSPS) is 11.7. The molecule has 0 heterocycles. The lowest BCUT2D eigenvalue weighted by molar-refractivity contribution is -0.140. The Hall–Kier alpha value is -2.40. The quantitative estimate of drug-likeness (QED) is 0.803. The largest absolute Gasteiger partial charge is 0.355 e. The van der Waals surface area contributed by atoms with Crippen LogP contribution in [0.1, 0.15) is 25.0 Å². The summed E-state index contributed by atoms with van der Waals surface area (Å²) in [5.74, 6) is -0.950. The van der Waals surface area contributed by atoms with Crippen molar-refractivity contribution in [3.63, 3.8) is 0 Å². The first kappa shape index (κ1) is 19.9. The van der Waals surface area contributed by atoms with E-state index in [1.54, 1.807) is 56.3 Å². The van der Waals surface area contributed by atoms with Crippen LogP contribution in [0, 0.1) is 5.82 Å². The molecule has 2 amide bonds. The second-order valence-electron chi connectivity index (χ2n) is 5.99. The van der Waals surface area contributed by atoms with E-state index >= 15 is 0 Å². The summed E-state index contributed by atoms with van der Waals surface area (Å²) in [5.41, 5.74) is 1.10. The topological polar surface area (TPSA) is 49.4 Å². The maximum absolute atomic E-state index is 14.0. The third-order valence-electron chi connectivity index (χ3n) is 4.06. The molecule has 1 atom stereocenters. The predicted molar refractivity (Wildman–Crippen MR) is 100 cm³/mol. The first-order valence-corrected chi connectivity index (χ1v) is 8.85. The summed E-state index contributed by atoms with van der Waals surface area (Å²) in [6, 6.07) is 12.5. The number of nitrogens with zero attached hydrogens (tertiary/aromatic N) is 1. The molecule has 0 bridgehead atoms. The van der Waals surface area contributed by atoms with E-state index in [-0.39, 0.29) is 24.8 Å². The minimum atomic E-state index is -0.721. The fraction of sp³-hybridized carbons (Fsp3) is 0.300. The van der Waals surface area contributed by atoms with Gasteiger partial charge in [-0.1, -0.05) is 41.9 Å². The van der Waals surface area contributed by atoms with Crippen molar-refractivity contribution in [2.45, 2.75) is 32.9 Å². The van der Waals surface area contributed by atoms with Crippen LogP contribution < -0.4 is 5.32 Å². The Morgan fingerprint density at radius 1 is 1.19 bits per heavy atom. The Balaban J connectivity index is 2.25. The third kappa shape index (κ3) is 5.30. The number of amides is 2. The maximum atomic E-state index is 14.0. The van der Waals surface area contributed by atoms with Gasteiger partial charge >= 0.3 is 0 Å². The molecule has 2 aromatic carbocycles. The molecule has 4 nitrogen and oxygen atoms in total. The van der Waals surface area contributed by atoms with Gasteiger partial charge in [-0.3, -0.25) is 9.59 Å². The fourth-order valence-corrected chi connectivity index (χ4v) is 2.85. The molecule has 2 aromatic rings. The van der Waals surface area contributed by atoms with E-state index in [1.165, 1.54) is 11.0 Å². The van der Waals surface area contributed by atoms with Crippen LogP contribution in [0.5, 0.6) is 0 Å². The number of carbonyl (C=O) groups excluding carboxylic acids is 2. The van der Waals surface area contributed by atoms with Crippen molar-refractivity contribution in [3.8, 4) is 0 Å². The number of hydrogen-bond acceptors (Lipinski definition) is 2. The van der Waals surface area contributed by atoms with Crippen LogP contribution in [0.4, 0.5) is 4.39 Å². The van der Waals surface area contributed by atoms with Crippen molar-refractivity contribution in [1.82, 2.24) is 10.2 Å². The highest BCUT2D eigenvalue weighted by atomic mass is 35.5. The summed E-state index contributed by atoms with van der Waals surface area (Å²) in [6.07, 6.45) is 0.0821. The molecule has 26 heavy (non-hydrogen) atoms. The van der Waals surface area contributed by atoms with Crippen molar-refractivity contribution in [2.75, 3.05) is 6.54 Å². The van der Waals surface area contributed by atoms with Crippen LogP contribution in [0.25, 0.3) is 0 Å². The van der Waals surface area contributed by atoms with Gasteiger partial charge in [-0.25, -0.2) is 4.39 Å². The number of hydrogen-bond donors (Lipinski definition) is 1. The number of carbonyl (C=O) groups is 2. The molecule has 2 rings (SSSR count). The molecule has 0 fully saturated rings. The fourth-order valence-electron chi connectivity index (χ4n) is 2.64. The highest BCUT2D eigenvalue weighted by Gasteiger charge is 2.26. The zero-order chi connectivity index (χ0) is 19.1. The SMILES string of the molecule is CCNC(=O)[C@H](C)N(Cc1ccccc1F)C(=O)Cc1cccc(Cl)c1. The van der Waals surface area contributed by atoms with Crippen LogP contribution in [-0.4, -0.2) is 29.3 Å². The molecule has 6 heteroatoms. The van der Waals surface area contributed by atoms with Gasteiger partial charge in [0.1, 0.15) is 11.9 Å². The van der Waals surface area contributed by atoms with Crippen molar-refractivity contribution < 1.29 is 14.0 Å². The summed E-state index contributed by atoms with van der Waals surface area (Å²) < 4.78 is 14.0. The molecule has 0 spiro atoms. The lowest BCUT2D eigenvalue weighted by atomic mass is 10.1. The lowest BCUT2D eigenvalue weighted by Gasteiger charge is -2.29. The summed E-state index contributed by atoms with van der Waals surface area (Å²) in [5, 5.41) is 3.24. The average molecular weight is 377 g/mol. The van der Waals surface area contributed by atoms with Crippen molar-refractivity contribution in [2.24, 2.45) is 0 Å². The second kappa shape index (κ2) is 9.34. The van der Waals surface area contributed by atoms with Gasteiger partial charge in [-0.05, 0) is 37.6 Å². The van der Waals surface area contributed by atoms with E-state index in [4.69, 9.17) is 11.6 Å². The van der Waals surface area contributed by atoms with Crippen LogP contribution in [0.2, 0.25) is 5.02 Å². The Morgan fingerprint density at radius 3 is 2.58 bits per heavy atom. The first-order valence-electron chi connectivity index (χ1n) is 8.47. The number of halogens is 2. The van der Waals surface area contributed by atoms with Crippen molar-refractivity contribution >= 4 is 23.4 Å². The molecular formula is C20H22ClFN2O2. The lowest BCUT2D eigenvalue weighted by Crippen LogP contribution is -2.48. The molecule has 0 aliphatic rings. The highest BCUT2D eigenvalue weighted by Crippen LogP contribution is 2.16. The Bertz CT molecular complexity index is 782. The molecule has 0 unspecified atom stereocenters. The van der Waals surface area contributed by atoms with E-state index < -0.39 is 11.9 Å². The molecule has 0 saturated carbocycles. The van der Waals surface area contributed by atoms with E-state index in [0.717, 1.165) is 5.56 Å². The molecular weight excluding hydrogens is 355 g/mol. The van der Waals surface area contributed by atoms with E-state index in [2.05, 4.69) is 5.32 Å². The van der Waals surface area contributed by atoms with E-state index in [0.29, 0.717) is 17.1 Å². The van der Waals surface area contributed by atoms with Gasteiger partial charge in [-0.15, -0.1) is 0 Å². The standard InChI is InChI=1S/C20H22ClFN2O2/c1-3-23-20(26)14(2)24(13-16-8-4-5-10-18(16)22)19(25)12-15-7-6-9-17(21)11-15/h4-11,14H,3,12-13H2,1-2H3,(H,23,26)/t14-/m0/s1. The summed E-state index contributed by atoms with van der Waals surface area (Å²) >= 11 is 5.97. The van der Waals surface area contributed by atoms with Gasteiger partial charge in [-0.2, -0.15) is 0 Å². The van der Waals surface area contributed by atoms with Crippen molar-refractivity contribution in [3.05, 3.63) is 70.5 Å². The summed E-state index contributed by atoms with van der Waals surface area (Å²) in [7, 11) is 0. The zero-order valence-corrected chi connectivity index (χ0v) is 15.6. The van der Waals surface area contributed by atoms with E-state index in [1.807, 2.05) is 0 Å². The van der Waals surface area contributed by atoms with Crippen LogP contribution >= 0.6 is 11.6 Å². The Labute approximate surface area is 158 Å². The molecule has 0 saturated heterocycles. The van der Waals surface area contributed by atoms with Gasteiger partial charge in [0.2, 0.25) is 11.8 Å². The molecule has 0 aliphatic heterocycles. The average Bonchev–Trinajstić information content (AvgIpc) is 2.60. The molecule has 0 radical (unpaired) electrons. The van der Waals surface area contributed by atoms with Crippen LogP contribution in [-0.2, 0) is 22.6 Å². The maximum Gasteiger partial charge on any atom is 0.242 e. The third-order valence-corrected chi connectivity index (χ3v) is 4.30. The highest BCUT2D eigenvalue weighted by molar-refractivity contribution is 6.30. The van der Waals surface area contributed by atoms with Gasteiger partial charge in [0, 0.05) is 23.7 Å². The molecule has 1 N–H and O–H groups in total. The van der Waals surface area contributed by atoms with Gasteiger partial charge in [0.25, 0.3) is 0 Å². The second-order valence-corrected chi connectivity index (χ2v) is 6.43. The number of likely N-dealkylation sites (N-methyl/N-ethyl adjacent to an activating group) is 1. The zero-order valence-electron chi connectivity index (χ0n) is 14.8. The van der Waals surface area contributed by atoms with E-state index in [9.17, 15) is 14.0 Å². The summed E-state index contributed by atoms with van der Waals surface area (Å²) in [6.45, 7) is 3.92.